The third-order valence-corrected chi connectivity index (χ3v) is 3.39. The first-order chi connectivity index (χ1) is 7.79. The van der Waals surface area contributed by atoms with Crippen molar-refractivity contribution in [1.29, 1.82) is 0 Å². The van der Waals surface area contributed by atoms with Gasteiger partial charge in [0.2, 0.25) is 0 Å². The van der Waals surface area contributed by atoms with E-state index in [1.807, 2.05) is 6.07 Å². The highest BCUT2D eigenvalue weighted by molar-refractivity contribution is 5.15. The van der Waals surface area contributed by atoms with Gasteiger partial charge >= 0.3 is 0 Å². The van der Waals surface area contributed by atoms with Crippen LogP contribution in [-0.2, 0) is 17.9 Å². The second-order valence-electron chi connectivity index (χ2n) is 4.78. The summed E-state index contributed by atoms with van der Waals surface area (Å²) in [6.45, 7) is 3.39. The van der Waals surface area contributed by atoms with E-state index in [1.54, 1.807) is 6.26 Å². The zero-order valence-electron chi connectivity index (χ0n) is 9.95. The third kappa shape index (κ3) is 2.86. The maximum atomic E-state index is 5.92. The van der Waals surface area contributed by atoms with Gasteiger partial charge in [-0.25, -0.2) is 0 Å². The summed E-state index contributed by atoms with van der Waals surface area (Å²) >= 11 is 0. The lowest BCUT2D eigenvalue weighted by molar-refractivity contribution is 0.00411. The van der Waals surface area contributed by atoms with E-state index in [9.17, 15) is 0 Å². The van der Waals surface area contributed by atoms with Crippen LogP contribution in [0.4, 0.5) is 0 Å². The average molecular weight is 223 g/mol. The Balaban J connectivity index is 1.82. The average Bonchev–Trinajstić information content (AvgIpc) is 2.74. The molecule has 1 aromatic heterocycles. The standard InChI is InChI=1S/C13H21NO2/c1-10-3-2-4-12(7-10)16-9-11-5-6-15-13(11)8-14/h5-6,10,12H,2-4,7-9,14H2,1H3. The second kappa shape index (κ2) is 5.51. The van der Waals surface area contributed by atoms with Crippen LogP contribution in [0.3, 0.4) is 0 Å². The molecular formula is C13H21NO2. The largest absolute Gasteiger partial charge is 0.468 e. The Labute approximate surface area is 97.0 Å². The topological polar surface area (TPSA) is 48.4 Å². The highest BCUT2D eigenvalue weighted by Gasteiger charge is 2.19. The number of hydrogen-bond acceptors (Lipinski definition) is 3. The molecule has 1 aliphatic rings. The van der Waals surface area contributed by atoms with Gasteiger partial charge in [0.15, 0.2) is 0 Å². The summed E-state index contributed by atoms with van der Waals surface area (Å²) in [4.78, 5) is 0. The van der Waals surface area contributed by atoms with Crippen LogP contribution >= 0.6 is 0 Å². The van der Waals surface area contributed by atoms with Crippen molar-refractivity contribution in [2.45, 2.75) is 51.9 Å². The van der Waals surface area contributed by atoms with Gasteiger partial charge in [0, 0.05) is 5.56 Å². The molecule has 0 radical (unpaired) electrons. The molecule has 16 heavy (non-hydrogen) atoms. The third-order valence-electron chi connectivity index (χ3n) is 3.39. The minimum absolute atomic E-state index is 0.421. The van der Waals surface area contributed by atoms with Crippen molar-refractivity contribution < 1.29 is 9.15 Å². The molecular weight excluding hydrogens is 202 g/mol. The maximum absolute atomic E-state index is 5.92. The van der Waals surface area contributed by atoms with Crippen molar-refractivity contribution in [3.63, 3.8) is 0 Å². The van der Waals surface area contributed by atoms with Crippen molar-refractivity contribution in [1.82, 2.24) is 0 Å². The van der Waals surface area contributed by atoms with Crippen LogP contribution in [0.2, 0.25) is 0 Å². The van der Waals surface area contributed by atoms with E-state index in [0.29, 0.717) is 19.3 Å². The molecule has 1 aliphatic carbocycles. The molecule has 0 bridgehead atoms. The predicted octanol–water partition coefficient (Wildman–Crippen LogP) is 2.83. The van der Waals surface area contributed by atoms with Gasteiger partial charge in [-0.1, -0.05) is 19.8 Å². The van der Waals surface area contributed by atoms with Gasteiger partial charge in [-0.2, -0.15) is 0 Å². The first-order valence-electron chi connectivity index (χ1n) is 6.16. The summed E-state index contributed by atoms with van der Waals surface area (Å²) in [7, 11) is 0. The molecule has 3 heteroatoms. The first kappa shape index (κ1) is 11.7. The molecule has 1 saturated carbocycles. The van der Waals surface area contributed by atoms with Crippen LogP contribution in [-0.4, -0.2) is 6.10 Å². The minimum Gasteiger partial charge on any atom is -0.468 e. The van der Waals surface area contributed by atoms with Gasteiger partial charge in [0.25, 0.3) is 0 Å². The van der Waals surface area contributed by atoms with Crippen LogP contribution in [0, 0.1) is 5.92 Å². The SMILES string of the molecule is CC1CCCC(OCc2ccoc2CN)C1. The Morgan fingerprint density at radius 3 is 3.12 bits per heavy atom. The summed E-state index contributed by atoms with van der Waals surface area (Å²) in [5, 5.41) is 0. The summed E-state index contributed by atoms with van der Waals surface area (Å²) in [6, 6.07) is 1.95. The van der Waals surface area contributed by atoms with Gasteiger partial charge in [-0.3, -0.25) is 0 Å². The molecule has 0 saturated heterocycles. The van der Waals surface area contributed by atoms with Gasteiger partial charge < -0.3 is 14.9 Å². The zero-order chi connectivity index (χ0) is 11.4. The first-order valence-corrected chi connectivity index (χ1v) is 6.16. The summed E-state index contributed by atoms with van der Waals surface area (Å²) < 4.78 is 11.2. The Morgan fingerprint density at radius 2 is 2.38 bits per heavy atom. The Hall–Kier alpha value is -0.800. The van der Waals surface area contributed by atoms with E-state index in [1.165, 1.54) is 25.7 Å². The van der Waals surface area contributed by atoms with E-state index in [4.69, 9.17) is 14.9 Å². The van der Waals surface area contributed by atoms with Gasteiger partial charge in [-0.15, -0.1) is 0 Å². The molecule has 90 valence electrons. The molecule has 0 aliphatic heterocycles. The molecule has 2 atom stereocenters. The smallest absolute Gasteiger partial charge is 0.122 e. The maximum Gasteiger partial charge on any atom is 0.122 e. The van der Waals surface area contributed by atoms with Gasteiger partial charge in [0.05, 0.1) is 25.5 Å². The Bertz CT molecular complexity index is 321. The molecule has 1 heterocycles. The van der Waals surface area contributed by atoms with Crippen LogP contribution in [0.15, 0.2) is 16.7 Å². The monoisotopic (exact) mass is 223 g/mol. The zero-order valence-corrected chi connectivity index (χ0v) is 9.95. The highest BCUT2D eigenvalue weighted by Crippen LogP contribution is 2.26. The van der Waals surface area contributed by atoms with Crippen LogP contribution in [0.25, 0.3) is 0 Å². The Kier molecular flexibility index (Phi) is 4.02. The summed E-state index contributed by atoms with van der Waals surface area (Å²) in [5.74, 6) is 1.65. The predicted molar refractivity (Wildman–Crippen MR) is 62.8 cm³/mol. The number of ether oxygens (including phenoxy) is 1. The Morgan fingerprint density at radius 1 is 1.50 bits per heavy atom. The minimum atomic E-state index is 0.421. The molecule has 1 fully saturated rings. The fourth-order valence-corrected chi connectivity index (χ4v) is 2.41. The van der Waals surface area contributed by atoms with Crippen molar-refractivity contribution >= 4 is 0 Å². The van der Waals surface area contributed by atoms with Crippen LogP contribution in [0.5, 0.6) is 0 Å². The fourth-order valence-electron chi connectivity index (χ4n) is 2.41. The van der Waals surface area contributed by atoms with Crippen LogP contribution in [0.1, 0.15) is 43.9 Å². The molecule has 0 amide bonds. The molecule has 3 nitrogen and oxygen atoms in total. The number of rotatable bonds is 4. The molecule has 2 unspecified atom stereocenters. The van der Waals surface area contributed by atoms with E-state index < -0.39 is 0 Å². The van der Waals surface area contributed by atoms with Crippen molar-refractivity contribution in [2.24, 2.45) is 11.7 Å². The van der Waals surface area contributed by atoms with Crippen molar-refractivity contribution in [3.8, 4) is 0 Å². The fraction of sp³-hybridized carbons (Fsp3) is 0.692. The normalized spacial score (nSPS) is 25.9. The lowest BCUT2D eigenvalue weighted by Gasteiger charge is -2.26. The number of nitrogens with two attached hydrogens (primary N) is 1. The summed E-state index contributed by atoms with van der Waals surface area (Å²) in [6.07, 6.45) is 7.13. The van der Waals surface area contributed by atoms with Gasteiger partial charge in [0.1, 0.15) is 5.76 Å². The van der Waals surface area contributed by atoms with Crippen molar-refractivity contribution in [2.75, 3.05) is 0 Å². The highest BCUT2D eigenvalue weighted by atomic mass is 16.5. The van der Waals surface area contributed by atoms with E-state index in [0.717, 1.165) is 17.2 Å². The number of hydrogen-bond donors (Lipinski definition) is 1. The molecule has 2 N–H and O–H groups in total. The van der Waals surface area contributed by atoms with E-state index >= 15 is 0 Å². The molecule has 1 aromatic rings. The van der Waals surface area contributed by atoms with Gasteiger partial charge in [-0.05, 0) is 24.8 Å². The van der Waals surface area contributed by atoms with Crippen LogP contribution < -0.4 is 5.73 Å². The lowest BCUT2D eigenvalue weighted by Crippen LogP contribution is -2.21. The second-order valence-corrected chi connectivity index (χ2v) is 4.78. The van der Waals surface area contributed by atoms with E-state index in [-0.39, 0.29) is 0 Å². The molecule has 0 aromatic carbocycles. The molecule has 0 spiro atoms. The lowest BCUT2D eigenvalue weighted by atomic mass is 9.89. The van der Waals surface area contributed by atoms with Crippen molar-refractivity contribution in [3.05, 3.63) is 23.7 Å². The quantitative estimate of drug-likeness (QED) is 0.853. The van der Waals surface area contributed by atoms with E-state index in [2.05, 4.69) is 6.92 Å². The number of furan rings is 1. The summed E-state index contributed by atoms with van der Waals surface area (Å²) in [5.41, 5.74) is 6.67. The molecule has 2 rings (SSSR count).